The van der Waals surface area contributed by atoms with E-state index in [-0.39, 0.29) is 45.5 Å². The Morgan fingerprint density at radius 3 is 1.20 bits per heavy atom. The summed E-state index contributed by atoms with van der Waals surface area (Å²) in [7, 11) is 0. The van der Waals surface area contributed by atoms with Crippen LogP contribution >= 0.6 is 0 Å². The topological polar surface area (TPSA) is 64.6 Å². The Labute approximate surface area is 65.4 Å². The van der Waals surface area contributed by atoms with Crippen LogP contribution in [0.1, 0.15) is 0 Å². The summed E-state index contributed by atoms with van der Waals surface area (Å²) in [6.45, 7) is 0. The Balaban J connectivity index is 0. The molecule has 0 amide bonds. The van der Waals surface area contributed by atoms with Gasteiger partial charge in [-0.15, -0.1) is 0 Å². The standard InChI is InChI=1S/H2O4.Sr/c1-3-4-2;/h1-2H;/q;+2/p-2. The summed E-state index contributed by atoms with van der Waals surface area (Å²) in [6, 6.07) is 0. The van der Waals surface area contributed by atoms with Crippen molar-refractivity contribution in [3.63, 3.8) is 0 Å². The van der Waals surface area contributed by atoms with Gasteiger partial charge < -0.3 is 20.6 Å². The molecule has 0 rings (SSSR count). The zero-order chi connectivity index (χ0) is 3.41. The summed E-state index contributed by atoms with van der Waals surface area (Å²) in [4.78, 5) is 0. The summed E-state index contributed by atoms with van der Waals surface area (Å²) in [5, 5.41) is 21.0. The van der Waals surface area contributed by atoms with Gasteiger partial charge in [-0.05, 0) is 0 Å². The molecule has 0 bridgehead atoms. The van der Waals surface area contributed by atoms with Gasteiger partial charge in [0.15, 0.2) is 0 Å². The molecular weight excluding hydrogens is 152 g/mol. The van der Waals surface area contributed by atoms with Crippen LogP contribution in [0, 0.1) is 0 Å². The summed E-state index contributed by atoms with van der Waals surface area (Å²) >= 11 is 0. The molecule has 0 aliphatic carbocycles. The van der Waals surface area contributed by atoms with Gasteiger partial charge in [0.2, 0.25) is 0 Å². The van der Waals surface area contributed by atoms with Crippen LogP contribution in [0.15, 0.2) is 0 Å². The van der Waals surface area contributed by atoms with E-state index in [0.717, 1.165) is 0 Å². The molecule has 0 aromatic rings. The van der Waals surface area contributed by atoms with Crippen LogP contribution in [-0.2, 0) is 10.1 Å². The Morgan fingerprint density at radius 1 is 1.00 bits per heavy atom. The molecule has 0 heterocycles. The Bertz CT molecular complexity index is 5.61. The Hall–Kier alpha value is 1.32. The van der Waals surface area contributed by atoms with Gasteiger partial charge in [-0.3, -0.25) is 0 Å². The Kier molecular flexibility index (Phi) is 17.3. The van der Waals surface area contributed by atoms with Crippen molar-refractivity contribution in [1.29, 1.82) is 0 Å². The van der Waals surface area contributed by atoms with E-state index in [9.17, 15) is 0 Å². The predicted octanol–water partition coefficient (Wildman–Crippen LogP) is -2.90. The summed E-state index contributed by atoms with van der Waals surface area (Å²) < 4.78 is 0. The first-order valence-corrected chi connectivity index (χ1v) is 0.500. The van der Waals surface area contributed by atoms with Crippen LogP contribution in [0.4, 0.5) is 0 Å². The van der Waals surface area contributed by atoms with Crippen LogP contribution in [-0.4, -0.2) is 45.5 Å². The molecule has 5 heteroatoms. The van der Waals surface area contributed by atoms with E-state index < -0.39 is 0 Å². The first kappa shape index (κ1) is 9.58. The van der Waals surface area contributed by atoms with Gasteiger partial charge in [0.25, 0.3) is 0 Å². The molecule has 0 atom stereocenters. The molecule has 0 radical (unpaired) electrons. The third kappa shape index (κ3) is 10.9. The van der Waals surface area contributed by atoms with Crippen molar-refractivity contribution in [3.8, 4) is 0 Å². The minimum absolute atomic E-state index is 0. The molecule has 0 saturated carbocycles. The third-order valence-corrected chi connectivity index (χ3v) is 0.0278. The molecule has 0 saturated heterocycles. The molecule has 0 aromatic carbocycles. The zero-order valence-corrected chi connectivity index (χ0v) is 5.82. The summed E-state index contributed by atoms with van der Waals surface area (Å²) in [5.74, 6) is 0. The number of rotatable bonds is 1. The van der Waals surface area contributed by atoms with Crippen molar-refractivity contribution in [2.45, 2.75) is 0 Å². The van der Waals surface area contributed by atoms with Gasteiger partial charge in [0, 0.05) is 0 Å². The molecular formula is O4Sr. The number of hydrogen-bond donors (Lipinski definition) is 0. The van der Waals surface area contributed by atoms with Crippen molar-refractivity contribution >= 4 is 45.5 Å². The van der Waals surface area contributed by atoms with Gasteiger partial charge in [-0.25, -0.2) is 0 Å². The van der Waals surface area contributed by atoms with E-state index in [1.807, 2.05) is 0 Å². The first-order valence-electron chi connectivity index (χ1n) is 0.500. The molecule has 5 heavy (non-hydrogen) atoms. The van der Waals surface area contributed by atoms with E-state index in [1.54, 1.807) is 0 Å². The van der Waals surface area contributed by atoms with Crippen molar-refractivity contribution < 1.29 is 20.6 Å². The van der Waals surface area contributed by atoms with E-state index in [4.69, 9.17) is 10.5 Å². The van der Waals surface area contributed by atoms with Crippen LogP contribution in [0.5, 0.6) is 0 Å². The second kappa shape index (κ2) is 9.01. The third-order valence-electron chi connectivity index (χ3n) is 0.0278. The fourth-order valence-electron chi connectivity index (χ4n) is 0. The van der Waals surface area contributed by atoms with Crippen LogP contribution in [0.3, 0.4) is 0 Å². The van der Waals surface area contributed by atoms with Gasteiger partial charge in [0.05, 0.1) is 0 Å². The van der Waals surface area contributed by atoms with Gasteiger partial charge >= 0.3 is 45.5 Å². The Morgan fingerprint density at radius 2 is 1.20 bits per heavy atom. The molecule has 0 fully saturated rings. The van der Waals surface area contributed by atoms with E-state index >= 15 is 0 Å². The summed E-state index contributed by atoms with van der Waals surface area (Å²) in [6.07, 6.45) is 0. The average molecular weight is 152 g/mol. The van der Waals surface area contributed by atoms with Crippen LogP contribution < -0.4 is 10.5 Å². The maximum atomic E-state index is 8.26. The molecule has 0 aliphatic heterocycles. The largest absolute Gasteiger partial charge is 2.00 e. The van der Waals surface area contributed by atoms with Crippen LogP contribution in [0.25, 0.3) is 0 Å². The molecule has 0 unspecified atom stereocenters. The van der Waals surface area contributed by atoms with Crippen molar-refractivity contribution in [2.24, 2.45) is 0 Å². The SMILES string of the molecule is [O-]OO[O-].[Sr+2]. The molecule has 0 aromatic heterocycles. The molecule has 26 valence electrons. The maximum Gasteiger partial charge on any atom is 2.00 e. The first-order chi connectivity index (χ1) is 1.91. The van der Waals surface area contributed by atoms with Gasteiger partial charge in [0.1, 0.15) is 0 Å². The number of hydrogen-bond acceptors (Lipinski definition) is 4. The molecule has 0 spiro atoms. The van der Waals surface area contributed by atoms with Crippen LogP contribution in [0.2, 0.25) is 0 Å². The minimum atomic E-state index is 0. The fourth-order valence-corrected chi connectivity index (χ4v) is 0. The smallest absolute Gasteiger partial charge is 0.693 e. The van der Waals surface area contributed by atoms with Crippen molar-refractivity contribution in [1.82, 2.24) is 0 Å². The van der Waals surface area contributed by atoms with Crippen molar-refractivity contribution in [2.75, 3.05) is 0 Å². The normalized spacial score (nSPS) is 6.00. The summed E-state index contributed by atoms with van der Waals surface area (Å²) in [5.41, 5.74) is 0. The van der Waals surface area contributed by atoms with Gasteiger partial charge in [-0.2, -0.15) is 0 Å². The monoisotopic (exact) mass is 152 g/mol. The average Bonchev–Trinajstić information content (AvgIpc) is 1.37. The second-order valence-electron chi connectivity index (χ2n) is 0.136. The van der Waals surface area contributed by atoms with E-state index in [2.05, 4.69) is 10.1 Å². The van der Waals surface area contributed by atoms with E-state index in [0.29, 0.717) is 0 Å². The van der Waals surface area contributed by atoms with Crippen molar-refractivity contribution in [3.05, 3.63) is 0 Å². The fraction of sp³-hybridized carbons (Fsp3) is 0. The molecule has 0 aliphatic rings. The molecule has 4 nitrogen and oxygen atoms in total. The quantitative estimate of drug-likeness (QED) is 0.229. The minimum Gasteiger partial charge on any atom is -0.693 e. The maximum absolute atomic E-state index is 8.26. The second-order valence-corrected chi connectivity index (χ2v) is 0.136. The van der Waals surface area contributed by atoms with Gasteiger partial charge in [-0.1, -0.05) is 0 Å². The van der Waals surface area contributed by atoms with E-state index in [1.165, 1.54) is 0 Å². The molecule has 0 N–H and O–H groups in total. The predicted molar refractivity (Wildman–Crippen MR) is 7.92 cm³/mol. The zero-order valence-electron chi connectivity index (χ0n) is 2.34.